The molecule has 0 aromatic rings. The summed E-state index contributed by atoms with van der Waals surface area (Å²) in [5.41, 5.74) is 4.51. The number of nitrogens with zero attached hydrogens (tertiary/aromatic N) is 2. The molecular formula is C24H38N4O5. The number of ether oxygens (including phenoxy) is 1. The quantitative estimate of drug-likeness (QED) is 0.409. The number of hydrogen-bond acceptors (Lipinski definition) is 6. The molecule has 5 unspecified atom stereocenters. The van der Waals surface area contributed by atoms with Crippen molar-refractivity contribution in [3.63, 3.8) is 0 Å². The van der Waals surface area contributed by atoms with Crippen molar-refractivity contribution < 1.29 is 23.9 Å². The van der Waals surface area contributed by atoms with E-state index in [1.165, 1.54) is 11.8 Å². The predicted octanol–water partition coefficient (Wildman–Crippen LogP) is 0.964. The second-order valence-corrected chi connectivity index (χ2v) is 10.7. The molecule has 184 valence electrons. The second kappa shape index (κ2) is 9.08. The fourth-order valence-corrected chi connectivity index (χ4v) is 4.99. The Kier molecular flexibility index (Phi) is 6.94. The molecule has 3 fully saturated rings. The zero-order valence-electron chi connectivity index (χ0n) is 20.4. The minimum absolute atomic E-state index is 0.0473. The minimum atomic E-state index is -1.14. The van der Waals surface area contributed by atoms with Crippen LogP contribution in [0.15, 0.2) is 12.7 Å². The van der Waals surface area contributed by atoms with E-state index >= 15 is 0 Å². The maximum Gasteiger partial charge on any atom is 0.332 e. The molecule has 1 saturated heterocycles. The van der Waals surface area contributed by atoms with Crippen molar-refractivity contribution in [1.29, 1.82) is 0 Å². The van der Waals surface area contributed by atoms with E-state index in [4.69, 9.17) is 10.5 Å². The molecule has 33 heavy (non-hydrogen) atoms. The van der Waals surface area contributed by atoms with E-state index in [2.05, 4.69) is 11.9 Å². The Morgan fingerprint density at radius 2 is 1.94 bits per heavy atom. The van der Waals surface area contributed by atoms with Crippen molar-refractivity contribution in [3.8, 4) is 0 Å². The monoisotopic (exact) mass is 462 g/mol. The van der Waals surface area contributed by atoms with E-state index in [1.54, 1.807) is 17.9 Å². The molecule has 3 aliphatic rings. The van der Waals surface area contributed by atoms with Gasteiger partial charge in [0.15, 0.2) is 0 Å². The number of carbonyl (C=O) groups excluding carboxylic acids is 4. The highest BCUT2D eigenvalue weighted by Crippen LogP contribution is 2.46. The number of amides is 3. The Hall–Kier alpha value is -2.42. The van der Waals surface area contributed by atoms with Crippen molar-refractivity contribution in [1.82, 2.24) is 15.1 Å². The first-order valence-electron chi connectivity index (χ1n) is 11.8. The van der Waals surface area contributed by atoms with Crippen LogP contribution in [0.1, 0.15) is 60.3 Å². The van der Waals surface area contributed by atoms with E-state index in [0.717, 1.165) is 12.8 Å². The topological polar surface area (TPSA) is 122 Å². The van der Waals surface area contributed by atoms with Gasteiger partial charge in [-0.05, 0) is 38.0 Å². The van der Waals surface area contributed by atoms with Crippen LogP contribution < -0.4 is 11.1 Å². The maximum atomic E-state index is 13.9. The molecule has 3 amide bonds. The lowest BCUT2D eigenvalue weighted by Gasteiger charge is -2.41. The summed E-state index contributed by atoms with van der Waals surface area (Å²) in [4.78, 5) is 55.5. The second-order valence-electron chi connectivity index (χ2n) is 10.7. The lowest BCUT2D eigenvalue weighted by Crippen LogP contribution is -2.60. The highest BCUT2D eigenvalue weighted by Gasteiger charge is 2.62. The number of hydrogen-bond donors (Lipinski definition) is 2. The lowest BCUT2D eigenvalue weighted by atomic mass is 9.84. The first kappa shape index (κ1) is 25.2. The number of esters is 1. The van der Waals surface area contributed by atoms with Gasteiger partial charge >= 0.3 is 5.97 Å². The van der Waals surface area contributed by atoms with Crippen molar-refractivity contribution in [2.75, 3.05) is 13.2 Å². The Bertz CT molecular complexity index is 833. The van der Waals surface area contributed by atoms with E-state index in [9.17, 15) is 19.2 Å². The molecule has 9 nitrogen and oxygen atoms in total. The van der Waals surface area contributed by atoms with Gasteiger partial charge in [-0.1, -0.05) is 26.8 Å². The van der Waals surface area contributed by atoms with Gasteiger partial charge < -0.3 is 25.6 Å². The molecule has 0 aromatic heterocycles. The van der Waals surface area contributed by atoms with Gasteiger partial charge in [-0.25, -0.2) is 4.79 Å². The van der Waals surface area contributed by atoms with Gasteiger partial charge in [-0.3, -0.25) is 14.4 Å². The maximum absolute atomic E-state index is 13.9. The fourth-order valence-electron chi connectivity index (χ4n) is 4.99. The first-order valence-corrected chi connectivity index (χ1v) is 11.8. The third-order valence-electron chi connectivity index (χ3n) is 6.84. The van der Waals surface area contributed by atoms with Crippen LogP contribution in [-0.2, 0) is 23.9 Å². The smallest absolute Gasteiger partial charge is 0.332 e. The number of likely N-dealkylation sites (tertiary alicyclic amines) is 1. The third kappa shape index (κ3) is 4.93. The number of rotatable bonds is 8. The summed E-state index contributed by atoms with van der Waals surface area (Å²) in [6, 6.07) is -1.84. The van der Waals surface area contributed by atoms with E-state index in [-0.39, 0.29) is 49.4 Å². The number of nitrogens with two attached hydrogens (primary N) is 1. The van der Waals surface area contributed by atoms with Gasteiger partial charge in [0.05, 0.1) is 6.61 Å². The molecule has 0 bridgehead atoms. The molecule has 5 atom stereocenters. The molecule has 3 rings (SSSR count). The van der Waals surface area contributed by atoms with Crippen molar-refractivity contribution in [3.05, 3.63) is 12.7 Å². The van der Waals surface area contributed by atoms with Gasteiger partial charge in [-0.2, -0.15) is 0 Å². The molecule has 2 aliphatic carbocycles. The largest absolute Gasteiger partial charge is 0.464 e. The summed E-state index contributed by atoms with van der Waals surface area (Å²) in [7, 11) is 0. The molecule has 1 aliphatic heterocycles. The van der Waals surface area contributed by atoms with Gasteiger partial charge in [0.2, 0.25) is 17.7 Å². The Labute approximate surface area is 196 Å². The lowest BCUT2D eigenvalue weighted by molar-refractivity contribution is -0.154. The van der Waals surface area contributed by atoms with Gasteiger partial charge in [0.25, 0.3) is 0 Å². The minimum Gasteiger partial charge on any atom is -0.464 e. The summed E-state index contributed by atoms with van der Waals surface area (Å²) in [5, 5.41) is 2.85. The average Bonchev–Trinajstić information content (AvgIpc) is 3.62. The predicted molar refractivity (Wildman–Crippen MR) is 123 cm³/mol. The molecule has 0 aromatic carbocycles. The molecule has 2 saturated carbocycles. The van der Waals surface area contributed by atoms with Crippen LogP contribution in [0.4, 0.5) is 0 Å². The Morgan fingerprint density at radius 1 is 1.30 bits per heavy atom. The highest BCUT2D eigenvalue weighted by molar-refractivity contribution is 5.97. The first-order chi connectivity index (χ1) is 15.4. The molecule has 1 heterocycles. The van der Waals surface area contributed by atoms with Crippen LogP contribution in [0.3, 0.4) is 0 Å². The van der Waals surface area contributed by atoms with Crippen LogP contribution in [0.25, 0.3) is 0 Å². The highest BCUT2D eigenvalue weighted by atomic mass is 16.5. The Morgan fingerprint density at radius 3 is 2.39 bits per heavy atom. The molecule has 0 spiro atoms. The molecule has 0 radical (unpaired) electrons. The normalized spacial score (nSPS) is 29.8. The van der Waals surface area contributed by atoms with Gasteiger partial charge in [0, 0.05) is 31.5 Å². The SMILES string of the molecule is C=CC1CC1(NC(=O)C1CC(N)CN1C(=O)C(N(C(C)=O)C1CC1)C(C)(C)C)C(=O)OCC. The van der Waals surface area contributed by atoms with Crippen LogP contribution >= 0.6 is 0 Å². The molecular weight excluding hydrogens is 424 g/mol. The summed E-state index contributed by atoms with van der Waals surface area (Å²) in [6.45, 7) is 13.1. The fraction of sp³-hybridized carbons (Fsp3) is 0.750. The molecule has 3 N–H and O–H groups in total. The van der Waals surface area contributed by atoms with Crippen LogP contribution in [-0.4, -0.2) is 76.3 Å². The van der Waals surface area contributed by atoms with Gasteiger partial charge in [-0.15, -0.1) is 6.58 Å². The Balaban J connectivity index is 1.85. The van der Waals surface area contributed by atoms with Crippen LogP contribution in [0, 0.1) is 11.3 Å². The van der Waals surface area contributed by atoms with E-state index in [1.807, 2.05) is 20.8 Å². The summed E-state index contributed by atoms with van der Waals surface area (Å²) >= 11 is 0. The summed E-state index contributed by atoms with van der Waals surface area (Å²) in [6.07, 6.45) is 4.08. The van der Waals surface area contributed by atoms with Crippen molar-refractivity contribution in [2.24, 2.45) is 17.1 Å². The van der Waals surface area contributed by atoms with Gasteiger partial charge in [0.1, 0.15) is 17.6 Å². The zero-order chi connectivity index (χ0) is 24.7. The van der Waals surface area contributed by atoms with E-state index in [0.29, 0.717) is 6.42 Å². The van der Waals surface area contributed by atoms with Crippen LogP contribution in [0.5, 0.6) is 0 Å². The average molecular weight is 463 g/mol. The van der Waals surface area contributed by atoms with Crippen LogP contribution in [0.2, 0.25) is 0 Å². The number of nitrogens with one attached hydrogen (secondary N) is 1. The zero-order valence-corrected chi connectivity index (χ0v) is 20.4. The van der Waals surface area contributed by atoms with Crippen molar-refractivity contribution >= 4 is 23.7 Å². The number of carbonyl (C=O) groups is 4. The molecule has 9 heteroatoms. The standard InChI is InChI=1S/C24H38N4O5/c1-7-15-12-24(15,22(32)33-8-2)26-20(30)18-11-16(25)13-27(18)21(31)19(23(4,5)6)28(14(3)29)17-9-10-17/h7,15-19H,1,8-13,25H2,2-6H3,(H,26,30). The third-order valence-corrected chi connectivity index (χ3v) is 6.84. The summed E-state index contributed by atoms with van der Waals surface area (Å²) in [5.74, 6) is -1.57. The van der Waals surface area contributed by atoms with E-state index < -0.39 is 34.9 Å². The summed E-state index contributed by atoms with van der Waals surface area (Å²) < 4.78 is 5.18. The van der Waals surface area contributed by atoms with Crippen molar-refractivity contribution in [2.45, 2.75) is 90.0 Å².